The molecule has 0 bridgehead atoms. The van der Waals surface area contributed by atoms with Crippen molar-refractivity contribution >= 4 is 11.6 Å². The molecule has 0 aliphatic carbocycles. The second kappa shape index (κ2) is 6.78. The molecule has 2 unspecified atom stereocenters. The summed E-state index contributed by atoms with van der Waals surface area (Å²) in [6.45, 7) is 4.07. The highest BCUT2D eigenvalue weighted by molar-refractivity contribution is 6.30. The summed E-state index contributed by atoms with van der Waals surface area (Å²) in [4.78, 5) is 0. The van der Waals surface area contributed by atoms with Gasteiger partial charge in [-0.1, -0.05) is 48.9 Å². The zero-order valence-electron chi connectivity index (χ0n) is 11.8. The van der Waals surface area contributed by atoms with Crippen molar-refractivity contribution in [3.63, 3.8) is 0 Å². The number of halogens is 1. The molecule has 2 aromatic carbocycles. The molecular weight excluding hydrogens is 270 g/mol. The third-order valence-corrected chi connectivity index (χ3v) is 3.54. The van der Waals surface area contributed by atoms with Crippen LogP contribution in [-0.4, -0.2) is 6.04 Å². The zero-order valence-corrected chi connectivity index (χ0v) is 12.6. The molecule has 0 heterocycles. The lowest BCUT2D eigenvalue weighted by Crippen LogP contribution is -2.29. The van der Waals surface area contributed by atoms with Crippen molar-refractivity contribution < 1.29 is 4.74 Å². The molecule has 2 atom stereocenters. The Hall–Kier alpha value is -1.51. The highest BCUT2D eigenvalue weighted by Gasteiger charge is 2.19. The van der Waals surface area contributed by atoms with Crippen molar-refractivity contribution in [3.8, 4) is 5.75 Å². The minimum Gasteiger partial charge on any atom is -0.484 e. The van der Waals surface area contributed by atoms with Crippen LogP contribution in [0.1, 0.15) is 31.1 Å². The zero-order chi connectivity index (χ0) is 14.5. The van der Waals surface area contributed by atoms with Gasteiger partial charge in [-0.3, -0.25) is 0 Å². The normalized spacial score (nSPS) is 13.8. The number of hydrogen-bond acceptors (Lipinski definition) is 2. The average Bonchev–Trinajstić information content (AvgIpc) is 2.46. The van der Waals surface area contributed by atoms with E-state index in [1.165, 1.54) is 5.56 Å². The number of ether oxygens (including phenoxy) is 1. The molecule has 0 radical (unpaired) electrons. The highest BCUT2D eigenvalue weighted by Crippen LogP contribution is 2.28. The first-order valence-corrected chi connectivity index (χ1v) is 7.25. The molecular formula is C17H20ClNO. The second-order valence-electron chi connectivity index (χ2n) is 4.91. The van der Waals surface area contributed by atoms with Gasteiger partial charge in [0.2, 0.25) is 0 Å². The van der Waals surface area contributed by atoms with Gasteiger partial charge >= 0.3 is 0 Å². The van der Waals surface area contributed by atoms with Crippen molar-refractivity contribution in [2.75, 3.05) is 0 Å². The Labute approximate surface area is 125 Å². The molecule has 2 nitrogen and oxygen atoms in total. The Kier molecular flexibility index (Phi) is 5.05. The van der Waals surface area contributed by atoms with E-state index in [4.69, 9.17) is 22.1 Å². The number of aryl methyl sites for hydroxylation is 1. The van der Waals surface area contributed by atoms with Gasteiger partial charge in [-0.05, 0) is 42.7 Å². The molecule has 0 aliphatic heterocycles. The van der Waals surface area contributed by atoms with Crippen LogP contribution in [-0.2, 0) is 6.42 Å². The molecule has 0 fully saturated rings. The molecule has 2 N–H and O–H groups in total. The summed E-state index contributed by atoms with van der Waals surface area (Å²) in [6.07, 6.45) is 0.752. The van der Waals surface area contributed by atoms with Crippen LogP contribution in [0.5, 0.6) is 5.75 Å². The Morgan fingerprint density at radius 3 is 2.35 bits per heavy atom. The van der Waals surface area contributed by atoms with Crippen molar-refractivity contribution in [3.05, 3.63) is 64.7 Å². The molecule has 2 aromatic rings. The van der Waals surface area contributed by atoms with Gasteiger partial charge < -0.3 is 10.5 Å². The quantitative estimate of drug-likeness (QED) is 0.887. The summed E-state index contributed by atoms with van der Waals surface area (Å²) in [5.74, 6) is 0.896. The summed E-state index contributed by atoms with van der Waals surface area (Å²) in [5, 5.41) is 0.714. The SMILES string of the molecule is CCc1ccccc1OC(c1ccc(Cl)cc1)C(C)N. The Bertz CT molecular complexity index is 551. The molecule has 3 heteroatoms. The van der Waals surface area contributed by atoms with E-state index in [1.54, 1.807) is 0 Å². The molecule has 0 saturated heterocycles. The first kappa shape index (κ1) is 14.9. The van der Waals surface area contributed by atoms with E-state index in [1.807, 2.05) is 49.4 Å². The van der Waals surface area contributed by atoms with E-state index < -0.39 is 0 Å². The fourth-order valence-corrected chi connectivity index (χ4v) is 2.31. The van der Waals surface area contributed by atoms with Gasteiger partial charge in [0.15, 0.2) is 0 Å². The van der Waals surface area contributed by atoms with Gasteiger partial charge in [0.05, 0.1) is 0 Å². The summed E-state index contributed by atoms with van der Waals surface area (Å²) in [5.41, 5.74) is 8.31. The maximum atomic E-state index is 6.16. The Morgan fingerprint density at radius 1 is 1.10 bits per heavy atom. The second-order valence-corrected chi connectivity index (χ2v) is 5.35. The van der Waals surface area contributed by atoms with Gasteiger partial charge in [-0.2, -0.15) is 0 Å². The Morgan fingerprint density at radius 2 is 1.75 bits per heavy atom. The molecule has 0 spiro atoms. The van der Waals surface area contributed by atoms with Crippen LogP contribution in [0.2, 0.25) is 5.02 Å². The van der Waals surface area contributed by atoms with E-state index >= 15 is 0 Å². The lowest BCUT2D eigenvalue weighted by atomic mass is 10.0. The molecule has 106 valence electrons. The standard InChI is InChI=1S/C17H20ClNO/c1-3-13-6-4-5-7-16(13)20-17(12(2)19)14-8-10-15(18)11-9-14/h4-12,17H,3,19H2,1-2H3. The van der Waals surface area contributed by atoms with Gasteiger partial charge in [0.25, 0.3) is 0 Å². The van der Waals surface area contributed by atoms with E-state index in [-0.39, 0.29) is 12.1 Å². The van der Waals surface area contributed by atoms with E-state index in [0.29, 0.717) is 5.02 Å². The maximum Gasteiger partial charge on any atom is 0.138 e. The van der Waals surface area contributed by atoms with Crippen molar-refractivity contribution in [1.82, 2.24) is 0 Å². The minimum absolute atomic E-state index is 0.110. The predicted molar refractivity (Wildman–Crippen MR) is 84.3 cm³/mol. The summed E-state index contributed by atoms with van der Waals surface area (Å²) < 4.78 is 6.16. The van der Waals surface area contributed by atoms with Crippen LogP contribution in [0.15, 0.2) is 48.5 Å². The maximum absolute atomic E-state index is 6.16. The van der Waals surface area contributed by atoms with Crippen LogP contribution in [0.4, 0.5) is 0 Å². The summed E-state index contributed by atoms with van der Waals surface area (Å²) >= 11 is 5.93. The van der Waals surface area contributed by atoms with Crippen LogP contribution in [0, 0.1) is 0 Å². The smallest absolute Gasteiger partial charge is 0.138 e. The summed E-state index contributed by atoms with van der Waals surface area (Å²) in [6, 6.07) is 15.6. The van der Waals surface area contributed by atoms with Crippen molar-refractivity contribution in [2.45, 2.75) is 32.4 Å². The van der Waals surface area contributed by atoms with Crippen molar-refractivity contribution in [2.24, 2.45) is 5.73 Å². The van der Waals surface area contributed by atoms with E-state index in [0.717, 1.165) is 17.7 Å². The van der Waals surface area contributed by atoms with Crippen LogP contribution in [0.25, 0.3) is 0 Å². The molecule has 0 amide bonds. The lowest BCUT2D eigenvalue weighted by molar-refractivity contribution is 0.179. The number of benzene rings is 2. The highest BCUT2D eigenvalue weighted by atomic mass is 35.5. The average molecular weight is 290 g/mol. The van der Waals surface area contributed by atoms with Gasteiger partial charge in [0, 0.05) is 11.1 Å². The number of para-hydroxylation sites is 1. The van der Waals surface area contributed by atoms with Crippen molar-refractivity contribution in [1.29, 1.82) is 0 Å². The molecule has 0 saturated carbocycles. The van der Waals surface area contributed by atoms with Gasteiger partial charge in [-0.25, -0.2) is 0 Å². The van der Waals surface area contributed by atoms with Gasteiger partial charge in [-0.15, -0.1) is 0 Å². The molecule has 20 heavy (non-hydrogen) atoms. The fourth-order valence-electron chi connectivity index (χ4n) is 2.18. The first-order valence-electron chi connectivity index (χ1n) is 6.87. The van der Waals surface area contributed by atoms with E-state index in [9.17, 15) is 0 Å². The third-order valence-electron chi connectivity index (χ3n) is 3.28. The molecule has 0 aromatic heterocycles. The summed E-state index contributed by atoms with van der Waals surface area (Å²) in [7, 11) is 0. The predicted octanol–water partition coefficient (Wildman–Crippen LogP) is 4.37. The van der Waals surface area contributed by atoms with Crippen LogP contribution >= 0.6 is 11.6 Å². The fraction of sp³-hybridized carbons (Fsp3) is 0.294. The largest absolute Gasteiger partial charge is 0.484 e. The lowest BCUT2D eigenvalue weighted by Gasteiger charge is -2.24. The number of nitrogens with two attached hydrogens (primary N) is 1. The molecule has 0 aliphatic rings. The monoisotopic (exact) mass is 289 g/mol. The van der Waals surface area contributed by atoms with Gasteiger partial charge in [0.1, 0.15) is 11.9 Å². The first-order chi connectivity index (χ1) is 9.61. The topological polar surface area (TPSA) is 35.2 Å². The van der Waals surface area contributed by atoms with Crippen LogP contribution in [0.3, 0.4) is 0 Å². The number of rotatable bonds is 5. The Balaban J connectivity index is 2.28. The molecule has 2 rings (SSSR count). The van der Waals surface area contributed by atoms with Crippen LogP contribution < -0.4 is 10.5 Å². The number of hydrogen-bond donors (Lipinski definition) is 1. The third kappa shape index (κ3) is 3.53. The minimum atomic E-state index is -0.181. The van der Waals surface area contributed by atoms with E-state index in [2.05, 4.69) is 13.0 Å².